The van der Waals surface area contributed by atoms with Crippen molar-refractivity contribution in [2.75, 3.05) is 13.1 Å². The van der Waals surface area contributed by atoms with Gasteiger partial charge in [-0.15, -0.1) is 0 Å². The maximum absolute atomic E-state index is 12.6. The van der Waals surface area contributed by atoms with Crippen LogP contribution in [0.15, 0.2) is 43.0 Å². The number of rotatable bonds is 9. The van der Waals surface area contributed by atoms with Gasteiger partial charge in [-0.25, -0.2) is 4.98 Å². The molecule has 0 aliphatic heterocycles. The van der Waals surface area contributed by atoms with Gasteiger partial charge in [-0.2, -0.15) is 0 Å². The van der Waals surface area contributed by atoms with Gasteiger partial charge in [0.05, 0.1) is 18.4 Å². The molecule has 0 fully saturated rings. The third kappa shape index (κ3) is 6.58. The van der Waals surface area contributed by atoms with Gasteiger partial charge < -0.3 is 10.2 Å². The van der Waals surface area contributed by atoms with E-state index in [9.17, 15) is 9.59 Å². The zero-order valence-electron chi connectivity index (χ0n) is 15.3. The molecule has 2 rings (SSSR count). The molecule has 0 atom stereocenters. The highest BCUT2D eigenvalue weighted by Crippen LogP contribution is 2.07. The second kappa shape index (κ2) is 10.2. The molecule has 2 aromatic rings. The number of nitrogens with one attached hydrogen (secondary N) is 1. The van der Waals surface area contributed by atoms with Crippen LogP contribution in [0.4, 0.5) is 0 Å². The van der Waals surface area contributed by atoms with Gasteiger partial charge in [-0.05, 0) is 24.5 Å². The van der Waals surface area contributed by atoms with Crippen LogP contribution in [0.2, 0.25) is 0 Å². The van der Waals surface area contributed by atoms with Crippen molar-refractivity contribution in [2.45, 2.75) is 33.2 Å². The molecule has 0 aromatic carbocycles. The third-order valence-corrected chi connectivity index (χ3v) is 3.85. The van der Waals surface area contributed by atoms with Crippen LogP contribution in [0.3, 0.4) is 0 Å². The fourth-order valence-corrected chi connectivity index (χ4v) is 2.32. The number of hydrogen-bond donors (Lipinski definition) is 1. The minimum Gasteiger partial charge on any atom is -0.350 e. The second-order valence-corrected chi connectivity index (χ2v) is 6.41. The molecule has 1 N–H and O–H groups in total. The van der Waals surface area contributed by atoms with Crippen LogP contribution in [-0.4, -0.2) is 44.8 Å². The molecule has 2 aromatic heterocycles. The van der Waals surface area contributed by atoms with Crippen LogP contribution in [0.25, 0.3) is 0 Å². The minimum atomic E-state index is -0.198. The maximum Gasteiger partial charge on any atom is 0.274 e. The largest absolute Gasteiger partial charge is 0.350 e. The number of pyridine rings is 1. The Morgan fingerprint density at radius 1 is 1.12 bits per heavy atom. The molecule has 0 saturated heterocycles. The van der Waals surface area contributed by atoms with E-state index in [0.29, 0.717) is 31.2 Å². The fraction of sp³-hybridized carbons (Fsp3) is 0.421. The van der Waals surface area contributed by atoms with Gasteiger partial charge in [0.25, 0.3) is 5.91 Å². The summed E-state index contributed by atoms with van der Waals surface area (Å²) < 4.78 is 0. The van der Waals surface area contributed by atoms with E-state index in [4.69, 9.17) is 0 Å². The smallest absolute Gasteiger partial charge is 0.274 e. The molecule has 0 radical (unpaired) electrons. The van der Waals surface area contributed by atoms with Crippen molar-refractivity contribution in [3.8, 4) is 0 Å². The molecule has 26 heavy (non-hydrogen) atoms. The monoisotopic (exact) mass is 355 g/mol. The second-order valence-electron chi connectivity index (χ2n) is 6.41. The Morgan fingerprint density at radius 2 is 1.96 bits per heavy atom. The van der Waals surface area contributed by atoms with Gasteiger partial charge in [-0.3, -0.25) is 19.6 Å². The summed E-state index contributed by atoms with van der Waals surface area (Å²) in [6, 6.07) is 5.56. The number of carbonyl (C=O) groups is 2. The Bertz CT molecular complexity index is 692. The van der Waals surface area contributed by atoms with Crippen molar-refractivity contribution in [1.29, 1.82) is 0 Å². The van der Waals surface area contributed by atoms with Gasteiger partial charge in [0, 0.05) is 38.1 Å². The van der Waals surface area contributed by atoms with Crippen molar-refractivity contribution < 1.29 is 9.59 Å². The fourth-order valence-electron chi connectivity index (χ4n) is 2.32. The standard InChI is InChI=1S/C19H25N5O2/c1-15(2)6-11-24(19(26)17-14-20-9-10-22-17)12-7-18(25)23-13-16-5-3-4-8-21-16/h3-5,8-10,14-15H,6-7,11-13H2,1-2H3,(H,23,25). The summed E-state index contributed by atoms with van der Waals surface area (Å²) in [6.45, 7) is 5.51. The molecule has 2 amide bonds. The first kappa shape index (κ1) is 19.5. The Morgan fingerprint density at radius 3 is 2.62 bits per heavy atom. The first-order valence-corrected chi connectivity index (χ1v) is 8.78. The lowest BCUT2D eigenvalue weighted by Crippen LogP contribution is -2.36. The van der Waals surface area contributed by atoms with Crippen molar-refractivity contribution in [2.24, 2.45) is 5.92 Å². The molecule has 7 heteroatoms. The third-order valence-electron chi connectivity index (χ3n) is 3.85. The van der Waals surface area contributed by atoms with E-state index in [0.717, 1.165) is 12.1 Å². The molecular weight excluding hydrogens is 330 g/mol. The van der Waals surface area contributed by atoms with E-state index < -0.39 is 0 Å². The zero-order chi connectivity index (χ0) is 18.8. The van der Waals surface area contributed by atoms with Gasteiger partial charge >= 0.3 is 0 Å². The van der Waals surface area contributed by atoms with E-state index in [1.807, 2.05) is 18.2 Å². The maximum atomic E-state index is 12.6. The minimum absolute atomic E-state index is 0.114. The van der Waals surface area contributed by atoms with E-state index in [1.54, 1.807) is 11.1 Å². The first-order chi connectivity index (χ1) is 12.6. The van der Waals surface area contributed by atoms with Gasteiger partial charge in [0.2, 0.25) is 5.91 Å². The Labute approximate surface area is 153 Å². The summed E-state index contributed by atoms with van der Waals surface area (Å²) in [5.41, 5.74) is 1.10. The van der Waals surface area contributed by atoms with E-state index in [2.05, 4.69) is 34.1 Å². The van der Waals surface area contributed by atoms with Crippen LogP contribution in [0.5, 0.6) is 0 Å². The highest BCUT2D eigenvalue weighted by Gasteiger charge is 2.18. The molecule has 0 bridgehead atoms. The van der Waals surface area contributed by atoms with E-state index in [-0.39, 0.29) is 18.2 Å². The number of carbonyl (C=O) groups excluding carboxylic acids is 2. The molecular formula is C19H25N5O2. The SMILES string of the molecule is CC(C)CCN(CCC(=O)NCc1ccccn1)C(=O)c1cnccn1. The molecule has 0 unspecified atom stereocenters. The molecule has 0 saturated carbocycles. The van der Waals surface area contributed by atoms with Crippen LogP contribution in [0, 0.1) is 5.92 Å². The predicted molar refractivity (Wildman–Crippen MR) is 98.1 cm³/mol. The van der Waals surface area contributed by atoms with E-state index >= 15 is 0 Å². The summed E-state index contributed by atoms with van der Waals surface area (Å²) in [5.74, 6) is 0.151. The average molecular weight is 355 g/mol. The highest BCUT2D eigenvalue weighted by atomic mass is 16.2. The predicted octanol–water partition coefficient (Wildman–Crippen LogP) is 2.07. The van der Waals surface area contributed by atoms with Crippen LogP contribution >= 0.6 is 0 Å². The Balaban J connectivity index is 1.89. The van der Waals surface area contributed by atoms with Crippen molar-refractivity contribution in [3.63, 3.8) is 0 Å². The summed E-state index contributed by atoms with van der Waals surface area (Å²) in [6.07, 6.45) is 7.26. The summed E-state index contributed by atoms with van der Waals surface area (Å²) in [4.78, 5) is 38.6. The van der Waals surface area contributed by atoms with Gasteiger partial charge in [0.1, 0.15) is 5.69 Å². The first-order valence-electron chi connectivity index (χ1n) is 8.78. The zero-order valence-corrected chi connectivity index (χ0v) is 15.3. The number of hydrogen-bond acceptors (Lipinski definition) is 5. The summed E-state index contributed by atoms with van der Waals surface area (Å²) in [5, 5.41) is 2.83. The quantitative estimate of drug-likeness (QED) is 0.744. The molecule has 0 aliphatic carbocycles. The lowest BCUT2D eigenvalue weighted by atomic mass is 10.1. The van der Waals surface area contributed by atoms with E-state index in [1.165, 1.54) is 18.6 Å². The summed E-state index contributed by atoms with van der Waals surface area (Å²) in [7, 11) is 0. The Hall–Kier alpha value is -2.83. The average Bonchev–Trinajstić information content (AvgIpc) is 2.67. The van der Waals surface area contributed by atoms with Crippen LogP contribution in [0.1, 0.15) is 42.9 Å². The van der Waals surface area contributed by atoms with Crippen molar-refractivity contribution in [1.82, 2.24) is 25.2 Å². The van der Waals surface area contributed by atoms with Gasteiger partial charge in [0.15, 0.2) is 0 Å². The van der Waals surface area contributed by atoms with Crippen molar-refractivity contribution in [3.05, 3.63) is 54.4 Å². The molecule has 0 aliphatic rings. The van der Waals surface area contributed by atoms with Crippen molar-refractivity contribution >= 4 is 11.8 Å². The molecule has 0 spiro atoms. The topological polar surface area (TPSA) is 88.1 Å². The van der Waals surface area contributed by atoms with Crippen LogP contribution in [-0.2, 0) is 11.3 Å². The molecule has 7 nitrogen and oxygen atoms in total. The Kier molecular flexibility index (Phi) is 7.67. The number of nitrogens with zero attached hydrogens (tertiary/aromatic N) is 4. The lowest BCUT2D eigenvalue weighted by Gasteiger charge is -2.23. The lowest BCUT2D eigenvalue weighted by molar-refractivity contribution is -0.121. The number of aromatic nitrogens is 3. The summed E-state index contributed by atoms with van der Waals surface area (Å²) >= 11 is 0. The molecule has 138 valence electrons. The van der Waals surface area contributed by atoms with Crippen LogP contribution < -0.4 is 5.32 Å². The highest BCUT2D eigenvalue weighted by molar-refractivity contribution is 5.92. The number of amides is 2. The molecule has 2 heterocycles. The van der Waals surface area contributed by atoms with Gasteiger partial charge in [-0.1, -0.05) is 19.9 Å². The normalized spacial score (nSPS) is 10.6.